The Morgan fingerprint density at radius 1 is 1.18 bits per heavy atom. The van der Waals surface area contributed by atoms with E-state index in [9.17, 15) is 14.9 Å². The van der Waals surface area contributed by atoms with Gasteiger partial charge in [-0.15, -0.1) is 0 Å². The number of hydrogen-bond acceptors (Lipinski definition) is 6. The maximum Gasteiger partial charge on any atom is 0.332 e. The van der Waals surface area contributed by atoms with Crippen LogP contribution in [0.25, 0.3) is 0 Å². The summed E-state index contributed by atoms with van der Waals surface area (Å²) in [5, 5.41) is 9.36. The molecule has 2 aliphatic heterocycles. The maximum absolute atomic E-state index is 12.2. The van der Waals surface area contributed by atoms with Crippen LogP contribution in [0.3, 0.4) is 0 Å². The first-order chi connectivity index (χ1) is 10.5. The van der Waals surface area contributed by atoms with E-state index in [1.807, 2.05) is 18.0 Å². The molecule has 1 aromatic heterocycles. The van der Waals surface area contributed by atoms with Crippen LogP contribution in [-0.2, 0) is 18.8 Å². The van der Waals surface area contributed by atoms with Gasteiger partial charge in [0.1, 0.15) is 11.9 Å². The lowest BCUT2D eigenvalue weighted by Gasteiger charge is -2.33. The van der Waals surface area contributed by atoms with Crippen LogP contribution in [0, 0.1) is 11.3 Å². The highest BCUT2D eigenvalue weighted by molar-refractivity contribution is 5.54. The fraction of sp³-hybridized carbons (Fsp3) is 0.643. The fourth-order valence-corrected chi connectivity index (χ4v) is 3.33. The zero-order valence-corrected chi connectivity index (χ0v) is 12.9. The molecule has 22 heavy (non-hydrogen) atoms. The van der Waals surface area contributed by atoms with Gasteiger partial charge < -0.3 is 9.64 Å². The van der Waals surface area contributed by atoms with E-state index < -0.39 is 11.2 Å². The second kappa shape index (κ2) is 5.26. The van der Waals surface area contributed by atoms with E-state index >= 15 is 0 Å². The highest BCUT2D eigenvalue weighted by Gasteiger charge is 2.40. The minimum absolute atomic E-state index is 0.00546. The summed E-state index contributed by atoms with van der Waals surface area (Å²) in [6.07, 6.45) is 0.0319. The van der Waals surface area contributed by atoms with Gasteiger partial charge in [-0.2, -0.15) is 5.26 Å². The molecule has 3 heterocycles. The topological polar surface area (TPSA) is 83.5 Å². The Labute approximate surface area is 127 Å². The molecular formula is C14H19N5O3. The summed E-state index contributed by atoms with van der Waals surface area (Å²) in [6, 6.07) is 2.16. The van der Waals surface area contributed by atoms with E-state index in [0.717, 1.165) is 11.1 Å². The molecule has 8 heteroatoms. The molecule has 0 spiro atoms. The number of aromatic nitrogens is 2. The zero-order chi connectivity index (χ0) is 16.0. The molecule has 0 aromatic carbocycles. The summed E-state index contributed by atoms with van der Waals surface area (Å²) in [4.78, 5) is 28.5. The quantitative estimate of drug-likeness (QED) is 0.626. The minimum atomic E-state index is -0.551. The number of likely N-dealkylation sites (N-methyl/N-ethyl adjacent to an activating group) is 1. The molecule has 8 nitrogen and oxygen atoms in total. The molecule has 118 valence electrons. The molecule has 0 amide bonds. The zero-order valence-electron chi connectivity index (χ0n) is 12.9. The Morgan fingerprint density at radius 3 is 2.55 bits per heavy atom. The smallest absolute Gasteiger partial charge is 0.332 e. The van der Waals surface area contributed by atoms with Crippen LogP contribution in [-0.4, -0.2) is 59.5 Å². The van der Waals surface area contributed by atoms with Crippen LogP contribution >= 0.6 is 0 Å². The van der Waals surface area contributed by atoms with Crippen LogP contribution in [0.2, 0.25) is 0 Å². The second-order valence-corrected chi connectivity index (χ2v) is 5.88. The normalized spacial score (nSPS) is 25.1. The van der Waals surface area contributed by atoms with Crippen molar-refractivity contribution in [2.24, 2.45) is 14.1 Å². The van der Waals surface area contributed by atoms with E-state index in [2.05, 4.69) is 4.90 Å². The number of nitrogens with zero attached hydrogens (tertiary/aromatic N) is 5. The third-order valence-corrected chi connectivity index (χ3v) is 4.62. The van der Waals surface area contributed by atoms with Crippen molar-refractivity contribution in [2.75, 3.05) is 38.2 Å². The summed E-state index contributed by atoms with van der Waals surface area (Å²) in [5.74, 6) is 0.391. The molecule has 0 unspecified atom stereocenters. The predicted molar refractivity (Wildman–Crippen MR) is 80.0 cm³/mol. The van der Waals surface area contributed by atoms with Crippen molar-refractivity contribution in [3.8, 4) is 6.07 Å². The first-order valence-electron chi connectivity index (χ1n) is 7.22. The van der Waals surface area contributed by atoms with Crippen LogP contribution < -0.4 is 16.1 Å². The lowest BCUT2D eigenvalue weighted by molar-refractivity contribution is -0.0362. The van der Waals surface area contributed by atoms with Crippen molar-refractivity contribution >= 4 is 5.82 Å². The highest BCUT2D eigenvalue weighted by atomic mass is 16.5. The van der Waals surface area contributed by atoms with Gasteiger partial charge in [0, 0.05) is 33.7 Å². The van der Waals surface area contributed by atoms with Gasteiger partial charge in [0.15, 0.2) is 5.56 Å². The molecule has 2 atom stereocenters. The lowest BCUT2D eigenvalue weighted by atomic mass is 10.1. The largest absolute Gasteiger partial charge is 0.373 e. The van der Waals surface area contributed by atoms with Crippen LogP contribution in [0.1, 0.15) is 5.56 Å². The molecule has 1 aromatic rings. The number of ether oxygens (including phenoxy) is 1. The van der Waals surface area contributed by atoms with Crippen molar-refractivity contribution in [2.45, 2.75) is 12.1 Å². The van der Waals surface area contributed by atoms with Crippen molar-refractivity contribution in [3.63, 3.8) is 0 Å². The SMILES string of the molecule is CN1CCO[C@@H]2CN(c3c(C#N)c(=O)n(C)c(=O)n3C)C[C@@H]21. The summed E-state index contributed by atoms with van der Waals surface area (Å²) in [5.41, 5.74) is -0.973. The van der Waals surface area contributed by atoms with Crippen LogP contribution in [0.4, 0.5) is 5.82 Å². The monoisotopic (exact) mass is 305 g/mol. The molecule has 2 aliphatic rings. The van der Waals surface area contributed by atoms with Gasteiger partial charge in [0.05, 0.1) is 18.8 Å². The molecule has 2 fully saturated rings. The van der Waals surface area contributed by atoms with E-state index in [1.54, 1.807) is 7.05 Å². The molecule has 0 bridgehead atoms. The molecule has 3 rings (SSSR count). The molecule has 0 aliphatic carbocycles. The number of rotatable bonds is 1. The van der Waals surface area contributed by atoms with Gasteiger partial charge in [-0.05, 0) is 7.05 Å². The Bertz CT molecular complexity index is 759. The Morgan fingerprint density at radius 2 is 1.91 bits per heavy atom. The van der Waals surface area contributed by atoms with Gasteiger partial charge >= 0.3 is 5.69 Å². The van der Waals surface area contributed by atoms with E-state index in [4.69, 9.17) is 4.74 Å². The van der Waals surface area contributed by atoms with Crippen molar-refractivity contribution in [1.29, 1.82) is 5.26 Å². The first kappa shape index (κ1) is 14.8. The average molecular weight is 305 g/mol. The first-order valence-corrected chi connectivity index (χ1v) is 7.22. The van der Waals surface area contributed by atoms with E-state index in [-0.39, 0.29) is 17.7 Å². The second-order valence-electron chi connectivity index (χ2n) is 5.88. The van der Waals surface area contributed by atoms with Crippen LogP contribution in [0.5, 0.6) is 0 Å². The van der Waals surface area contributed by atoms with Crippen molar-refractivity contribution in [3.05, 3.63) is 26.4 Å². The molecular weight excluding hydrogens is 286 g/mol. The third-order valence-electron chi connectivity index (χ3n) is 4.62. The standard InChI is InChI=1S/C14H19N5O3/c1-16-4-5-22-11-8-19(7-10(11)16)12-9(6-15)13(20)18(3)14(21)17(12)2/h10-11H,4-5,7-8H2,1-3H3/t10-,11+/m0/s1. The maximum atomic E-state index is 12.2. The predicted octanol–water partition coefficient (Wildman–Crippen LogP) is -1.53. The van der Waals surface area contributed by atoms with Crippen LogP contribution in [0.15, 0.2) is 9.59 Å². The molecule has 0 radical (unpaired) electrons. The summed E-state index contributed by atoms with van der Waals surface area (Å²) < 4.78 is 8.12. The summed E-state index contributed by atoms with van der Waals surface area (Å²) in [6.45, 7) is 2.74. The highest BCUT2D eigenvalue weighted by Crippen LogP contribution is 2.26. The summed E-state index contributed by atoms with van der Waals surface area (Å²) >= 11 is 0. The molecule has 0 saturated carbocycles. The number of morpholine rings is 1. The molecule has 2 saturated heterocycles. The lowest BCUT2D eigenvalue weighted by Crippen LogP contribution is -2.48. The fourth-order valence-electron chi connectivity index (χ4n) is 3.33. The minimum Gasteiger partial charge on any atom is -0.373 e. The number of hydrogen-bond donors (Lipinski definition) is 0. The van der Waals surface area contributed by atoms with Crippen molar-refractivity contribution < 1.29 is 4.74 Å². The molecule has 0 N–H and O–H groups in total. The summed E-state index contributed by atoms with van der Waals surface area (Å²) in [7, 11) is 5.01. The Balaban J connectivity index is 2.09. The Hall–Kier alpha value is -2.11. The van der Waals surface area contributed by atoms with Gasteiger partial charge in [-0.25, -0.2) is 4.79 Å². The van der Waals surface area contributed by atoms with Gasteiger partial charge in [-0.1, -0.05) is 0 Å². The van der Waals surface area contributed by atoms with E-state index in [0.29, 0.717) is 25.5 Å². The number of fused-ring (bicyclic) bond motifs is 1. The van der Waals surface area contributed by atoms with Gasteiger partial charge in [-0.3, -0.25) is 18.8 Å². The van der Waals surface area contributed by atoms with Crippen molar-refractivity contribution in [1.82, 2.24) is 14.0 Å². The Kier molecular flexibility index (Phi) is 3.54. The van der Waals surface area contributed by atoms with E-state index in [1.165, 1.54) is 11.6 Å². The van der Waals surface area contributed by atoms with Gasteiger partial charge in [0.25, 0.3) is 5.56 Å². The third kappa shape index (κ3) is 2.05. The number of nitriles is 1. The van der Waals surface area contributed by atoms with Gasteiger partial charge in [0.2, 0.25) is 0 Å². The number of anilines is 1. The average Bonchev–Trinajstić information content (AvgIpc) is 2.93.